The summed E-state index contributed by atoms with van der Waals surface area (Å²) in [6.45, 7) is -0.639. The number of hydrogen-bond acceptors (Lipinski definition) is 4. The van der Waals surface area contributed by atoms with Crippen molar-refractivity contribution in [3.8, 4) is 0 Å². The number of aliphatic hydroxyl groups is 1. The first kappa shape index (κ1) is 13.8. The molecule has 0 atom stereocenters. The van der Waals surface area contributed by atoms with Gasteiger partial charge in [0.25, 0.3) is 0 Å². The Labute approximate surface area is 110 Å². The lowest BCUT2D eigenvalue weighted by molar-refractivity contribution is -0.141. The third kappa shape index (κ3) is 3.21. The molecule has 0 aromatic carbocycles. The van der Waals surface area contributed by atoms with Crippen molar-refractivity contribution in [1.29, 1.82) is 0 Å². The Morgan fingerprint density at radius 1 is 1.26 bits per heavy atom. The third-order valence-electron chi connectivity index (χ3n) is 2.28. The summed E-state index contributed by atoms with van der Waals surface area (Å²) in [5, 5.41) is 9.33. The van der Waals surface area contributed by atoms with Crippen LogP contribution in [0.4, 0.5) is 13.2 Å². The maximum atomic E-state index is 12.5. The first-order valence-corrected chi connectivity index (χ1v) is 5.48. The topological polar surface area (TPSA) is 63.8 Å². The van der Waals surface area contributed by atoms with E-state index in [1.807, 2.05) is 0 Å². The number of rotatable bonds is 3. The van der Waals surface area contributed by atoms with Crippen molar-refractivity contribution in [2.75, 3.05) is 0 Å². The largest absolute Gasteiger partial charge is 0.434 e. The molecule has 19 heavy (non-hydrogen) atoms. The lowest BCUT2D eigenvalue weighted by Gasteiger charge is -2.04. The van der Waals surface area contributed by atoms with Crippen LogP contribution in [0.1, 0.15) is 17.3 Å². The van der Waals surface area contributed by atoms with Crippen LogP contribution < -0.4 is 0 Å². The monoisotopic (exact) mass is 292 g/mol. The van der Waals surface area contributed by atoms with Crippen molar-refractivity contribution in [2.24, 2.45) is 0 Å². The number of nitrogens with zero attached hydrogens (tertiary/aromatic N) is 4. The molecule has 0 aliphatic carbocycles. The van der Waals surface area contributed by atoms with Crippen LogP contribution in [0.25, 0.3) is 0 Å². The molecule has 0 amide bonds. The van der Waals surface area contributed by atoms with Crippen LogP contribution in [-0.4, -0.2) is 24.6 Å². The van der Waals surface area contributed by atoms with Crippen LogP contribution in [-0.2, 0) is 19.3 Å². The average Bonchev–Trinajstić information content (AvgIpc) is 2.75. The van der Waals surface area contributed by atoms with Gasteiger partial charge in [0.2, 0.25) is 0 Å². The smallest absolute Gasteiger partial charge is 0.388 e. The van der Waals surface area contributed by atoms with E-state index in [0.29, 0.717) is 5.02 Å². The first-order chi connectivity index (χ1) is 8.90. The molecule has 0 bridgehead atoms. The quantitative estimate of drug-likeness (QED) is 0.938. The lowest BCUT2D eigenvalue weighted by atomic mass is 10.4. The van der Waals surface area contributed by atoms with Gasteiger partial charge >= 0.3 is 6.18 Å². The molecule has 5 nitrogen and oxygen atoms in total. The highest BCUT2D eigenvalue weighted by Crippen LogP contribution is 2.28. The zero-order valence-corrected chi connectivity index (χ0v) is 10.2. The van der Waals surface area contributed by atoms with Gasteiger partial charge in [-0.15, -0.1) is 0 Å². The van der Waals surface area contributed by atoms with Gasteiger partial charge in [0.05, 0.1) is 11.6 Å². The fourth-order valence-corrected chi connectivity index (χ4v) is 1.52. The highest BCUT2D eigenvalue weighted by molar-refractivity contribution is 6.30. The Balaban J connectivity index is 2.29. The molecule has 2 aromatic heterocycles. The maximum Gasteiger partial charge on any atom is 0.434 e. The van der Waals surface area contributed by atoms with E-state index in [2.05, 4.69) is 15.0 Å². The van der Waals surface area contributed by atoms with E-state index in [1.54, 1.807) is 0 Å². The standard InChI is InChI=1S/C10H8ClF3N4O/c11-6-1-15-8(16-2-6)4-18-3-7(10(12,13)14)17-9(18)5-19/h1-3,19H,4-5H2. The van der Waals surface area contributed by atoms with E-state index in [1.165, 1.54) is 12.4 Å². The first-order valence-electron chi connectivity index (χ1n) is 5.10. The highest BCUT2D eigenvalue weighted by atomic mass is 35.5. The Bertz CT molecular complexity index is 567. The predicted octanol–water partition coefficient (Wildman–Crippen LogP) is 1.89. The second-order valence-corrected chi connectivity index (χ2v) is 4.08. The van der Waals surface area contributed by atoms with Crippen molar-refractivity contribution in [1.82, 2.24) is 19.5 Å². The third-order valence-corrected chi connectivity index (χ3v) is 2.47. The van der Waals surface area contributed by atoms with Gasteiger partial charge in [-0.3, -0.25) is 0 Å². The van der Waals surface area contributed by atoms with Gasteiger partial charge in [0, 0.05) is 18.6 Å². The van der Waals surface area contributed by atoms with E-state index in [-0.39, 0.29) is 18.2 Å². The molecular weight excluding hydrogens is 285 g/mol. The van der Waals surface area contributed by atoms with Crippen molar-refractivity contribution in [3.63, 3.8) is 0 Å². The summed E-state index contributed by atoms with van der Waals surface area (Å²) in [6.07, 6.45) is -1.08. The van der Waals surface area contributed by atoms with Crippen molar-refractivity contribution in [3.05, 3.63) is 41.0 Å². The van der Waals surface area contributed by atoms with E-state index in [9.17, 15) is 13.2 Å². The van der Waals surface area contributed by atoms with E-state index in [4.69, 9.17) is 16.7 Å². The minimum atomic E-state index is -4.56. The van der Waals surface area contributed by atoms with Crippen LogP contribution in [0.3, 0.4) is 0 Å². The lowest BCUT2D eigenvalue weighted by Crippen LogP contribution is -2.07. The van der Waals surface area contributed by atoms with E-state index in [0.717, 1.165) is 10.8 Å². The minimum Gasteiger partial charge on any atom is -0.388 e. The molecular formula is C10H8ClF3N4O. The Morgan fingerprint density at radius 3 is 2.42 bits per heavy atom. The summed E-state index contributed by atoms with van der Waals surface area (Å²) in [4.78, 5) is 11.1. The van der Waals surface area contributed by atoms with Gasteiger partial charge in [-0.25, -0.2) is 15.0 Å². The summed E-state index contributed by atoms with van der Waals surface area (Å²) in [7, 11) is 0. The zero-order chi connectivity index (χ0) is 14.0. The molecule has 0 radical (unpaired) electrons. The van der Waals surface area contributed by atoms with Gasteiger partial charge in [0.15, 0.2) is 5.69 Å². The summed E-state index contributed by atoms with van der Waals surface area (Å²) in [5.41, 5.74) is -1.06. The molecule has 0 saturated heterocycles. The Morgan fingerprint density at radius 2 is 1.89 bits per heavy atom. The highest BCUT2D eigenvalue weighted by Gasteiger charge is 2.34. The van der Waals surface area contributed by atoms with Crippen molar-refractivity contribution < 1.29 is 18.3 Å². The second kappa shape index (κ2) is 5.14. The fraction of sp³-hybridized carbons (Fsp3) is 0.300. The molecule has 0 unspecified atom stereocenters. The average molecular weight is 293 g/mol. The molecule has 2 rings (SSSR count). The molecule has 102 valence electrons. The van der Waals surface area contributed by atoms with Crippen LogP contribution in [0.2, 0.25) is 5.02 Å². The molecule has 0 spiro atoms. The van der Waals surface area contributed by atoms with E-state index < -0.39 is 18.5 Å². The molecule has 0 saturated carbocycles. The number of alkyl halides is 3. The normalized spacial score (nSPS) is 11.8. The molecule has 2 heterocycles. The SMILES string of the molecule is OCc1nc(C(F)(F)F)cn1Cc1ncc(Cl)cn1. The fourth-order valence-electron chi connectivity index (χ4n) is 1.43. The number of aromatic nitrogens is 4. The summed E-state index contributed by atoms with van der Waals surface area (Å²) in [6, 6.07) is 0. The molecule has 0 aliphatic rings. The van der Waals surface area contributed by atoms with Gasteiger partial charge in [-0.05, 0) is 0 Å². The minimum absolute atomic E-state index is 0.0316. The van der Waals surface area contributed by atoms with Gasteiger partial charge < -0.3 is 9.67 Å². The van der Waals surface area contributed by atoms with Crippen LogP contribution in [0, 0.1) is 0 Å². The van der Waals surface area contributed by atoms with Crippen LogP contribution >= 0.6 is 11.6 Å². The number of halogens is 4. The Hall–Kier alpha value is -1.67. The van der Waals surface area contributed by atoms with Gasteiger partial charge in [-0.2, -0.15) is 13.2 Å². The summed E-state index contributed by atoms with van der Waals surface area (Å²) >= 11 is 5.60. The molecule has 2 aromatic rings. The maximum absolute atomic E-state index is 12.5. The molecule has 1 N–H and O–H groups in total. The zero-order valence-electron chi connectivity index (χ0n) is 9.39. The van der Waals surface area contributed by atoms with Crippen LogP contribution in [0.15, 0.2) is 18.6 Å². The Kier molecular flexibility index (Phi) is 3.72. The summed E-state index contributed by atoms with van der Waals surface area (Å²) in [5.74, 6) is 0.163. The van der Waals surface area contributed by atoms with E-state index >= 15 is 0 Å². The predicted molar refractivity (Wildman–Crippen MR) is 59.3 cm³/mol. The van der Waals surface area contributed by atoms with Gasteiger partial charge in [-0.1, -0.05) is 11.6 Å². The van der Waals surface area contributed by atoms with Crippen molar-refractivity contribution in [2.45, 2.75) is 19.3 Å². The number of imidazole rings is 1. The van der Waals surface area contributed by atoms with Gasteiger partial charge in [0.1, 0.15) is 18.3 Å². The number of hydrogen-bond donors (Lipinski definition) is 1. The van der Waals surface area contributed by atoms with Crippen LogP contribution in [0.5, 0.6) is 0 Å². The number of aliphatic hydroxyl groups excluding tert-OH is 1. The second-order valence-electron chi connectivity index (χ2n) is 3.64. The molecule has 0 fully saturated rings. The molecule has 0 aliphatic heterocycles. The molecule has 9 heteroatoms. The summed E-state index contributed by atoms with van der Waals surface area (Å²) < 4.78 is 38.7. The van der Waals surface area contributed by atoms with Crippen molar-refractivity contribution >= 4 is 11.6 Å².